The van der Waals surface area contributed by atoms with Crippen molar-refractivity contribution in [2.75, 3.05) is 17.7 Å². The summed E-state index contributed by atoms with van der Waals surface area (Å²) in [5.41, 5.74) is 6.45. The van der Waals surface area contributed by atoms with Gasteiger partial charge in [0.2, 0.25) is 11.9 Å². The highest BCUT2D eigenvalue weighted by Crippen LogP contribution is 2.34. The number of amides is 1. The van der Waals surface area contributed by atoms with E-state index in [2.05, 4.69) is 21.7 Å². The molecule has 1 aliphatic rings. The quantitative estimate of drug-likeness (QED) is 0.279. The number of hydrogen-bond acceptors (Lipinski definition) is 7. The molecule has 1 aromatic heterocycles. The Morgan fingerprint density at radius 1 is 1.00 bits per heavy atom. The SMILES string of the molecule is COc1ccc2c(c1)CCc1cnc(Nc3ccc(NC(=O)Cc4ccc([N+](=O)[O-])cc4)cc3)nc1-2. The Morgan fingerprint density at radius 3 is 2.44 bits per heavy atom. The number of benzene rings is 3. The van der Waals surface area contributed by atoms with Crippen LogP contribution in [0.15, 0.2) is 72.9 Å². The number of non-ortho nitro benzene ring substituents is 1. The number of carbonyl (C=O) groups excluding carboxylic acids is 1. The van der Waals surface area contributed by atoms with E-state index in [4.69, 9.17) is 9.72 Å². The number of methoxy groups -OCH3 is 1. The number of aryl methyl sites for hydroxylation is 2. The zero-order valence-electron chi connectivity index (χ0n) is 19.5. The van der Waals surface area contributed by atoms with Gasteiger partial charge in [-0.2, -0.15) is 0 Å². The average Bonchev–Trinajstić information content (AvgIpc) is 2.89. The summed E-state index contributed by atoms with van der Waals surface area (Å²) in [5.74, 6) is 1.12. The molecule has 36 heavy (non-hydrogen) atoms. The molecule has 2 N–H and O–H groups in total. The summed E-state index contributed by atoms with van der Waals surface area (Å²) < 4.78 is 5.35. The number of nitrogens with one attached hydrogen (secondary N) is 2. The van der Waals surface area contributed by atoms with Crippen molar-refractivity contribution in [3.63, 3.8) is 0 Å². The average molecular weight is 482 g/mol. The molecule has 4 aromatic rings. The van der Waals surface area contributed by atoms with Gasteiger partial charge in [-0.3, -0.25) is 14.9 Å². The van der Waals surface area contributed by atoms with Crippen LogP contribution in [0.2, 0.25) is 0 Å². The molecule has 0 saturated heterocycles. The molecule has 0 fully saturated rings. The summed E-state index contributed by atoms with van der Waals surface area (Å²) >= 11 is 0. The number of nitrogens with zero attached hydrogens (tertiary/aromatic N) is 3. The lowest BCUT2D eigenvalue weighted by molar-refractivity contribution is -0.384. The van der Waals surface area contributed by atoms with Crippen LogP contribution in [0.3, 0.4) is 0 Å². The topological polar surface area (TPSA) is 119 Å². The maximum Gasteiger partial charge on any atom is 0.269 e. The number of nitro benzene ring substituents is 1. The highest BCUT2D eigenvalue weighted by atomic mass is 16.6. The first-order valence-electron chi connectivity index (χ1n) is 11.4. The second-order valence-corrected chi connectivity index (χ2v) is 8.44. The van der Waals surface area contributed by atoms with E-state index in [1.165, 1.54) is 17.7 Å². The van der Waals surface area contributed by atoms with E-state index in [1.54, 1.807) is 31.4 Å². The van der Waals surface area contributed by atoms with Gasteiger partial charge < -0.3 is 15.4 Å². The summed E-state index contributed by atoms with van der Waals surface area (Å²) in [7, 11) is 1.67. The van der Waals surface area contributed by atoms with E-state index >= 15 is 0 Å². The first kappa shape index (κ1) is 23.0. The van der Waals surface area contributed by atoms with Gasteiger partial charge in [0.25, 0.3) is 5.69 Å². The Hall–Kier alpha value is -4.79. The number of nitro groups is 1. The summed E-state index contributed by atoms with van der Waals surface area (Å²) in [6, 6.07) is 19.2. The third kappa shape index (κ3) is 5.00. The lowest BCUT2D eigenvalue weighted by atomic mass is 9.90. The van der Waals surface area contributed by atoms with Crippen molar-refractivity contribution in [3.8, 4) is 17.0 Å². The van der Waals surface area contributed by atoms with E-state index in [0.29, 0.717) is 17.2 Å². The van der Waals surface area contributed by atoms with E-state index < -0.39 is 4.92 Å². The lowest BCUT2D eigenvalue weighted by Crippen LogP contribution is -2.14. The van der Waals surface area contributed by atoms with Crippen molar-refractivity contribution in [1.82, 2.24) is 9.97 Å². The van der Waals surface area contributed by atoms with Gasteiger partial charge in [-0.1, -0.05) is 12.1 Å². The van der Waals surface area contributed by atoms with Gasteiger partial charge in [-0.15, -0.1) is 0 Å². The minimum absolute atomic E-state index is 0.00501. The third-order valence-electron chi connectivity index (χ3n) is 6.03. The molecular formula is C27H23N5O4. The third-order valence-corrected chi connectivity index (χ3v) is 6.03. The Morgan fingerprint density at radius 2 is 1.72 bits per heavy atom. The van der Waals surface area contributed by atoms with Gasteiger partial charge in [0.15, 0.2) is 0 Å². The van der Waals surface area contributed by atoms with Gasteiger partial charge in [0.1, 0.15) is 5.75 Å². The Kier molecular flexibility index (Phi) is 6.27. The van der Waals surface area contributed by atoms with Crippen LogP contribution in [0.4, 0.5) is 23.0 Å². The summed E-state index contributed by atoms with van der Waals surface area (Å²) in [6.07, 6.45) is 3.79. The normalized spacial score (nSPS) is 11.7. The highest BCUT2D eigenvalue weighted by molar-refractivity contribution is 5.92. The smallest absolute Gasteiger partial charge is 0.269 e. The number of aromatic nitrogens is 2. The number of fused-ring (bicyclic) bond motifs is 3. The molecule has 0 unspecified atom stereocenters. The van der Waals surface area contributed by atoms with Crippen LogP contribution in [-0.2, 0) is 24.1 Å². The lowest BCUT2D eigenvalue weighted by Gasteiger charge is -2.20. The molecule has 0 atom stereocenters. The van der Waals surface area contributed by atoms with Crippen molar-refractivity contribution in [1.29, 1.82) is 0 Å². The molecular weight excluding hydrogens is 458 g/mol. The van der Waals surface area contributed by atoms with Gasteiger partial charge in [0.05, 0.1) is 24.1 Å². The second kappa shape index (κ2) is 9.83. The summed E-state index contributed by atoms with van der Waals surface area (Å²) in [4.78, 5) is 31.9. The van der Waals surface area contributed by atoms with Crippen molar-refractivity contribution >= 4 is 28.9 Å². The number of rotatable bonds is 7. The van der Waals surface area contributed by atoms with Crippen LogP contribution in [0, 0.1) is 10.1 Å². The van der Waals surface area contributed by atoms with Crippen LogP contribution in [0.25, 0.3) is 11.3 Å². The van der Waals surface area contributed by atoms with Crippen molar-refractivity contribution in [3.05, 3.63) is 99.7 Å². The van der Waals surface area contributed by atoms with Crippen LogP contribution < -0.4 is 15.4 Å². The zero-order valence-corrected chi connectivity index (χ0v) is 19.5. The van der Waals surface area contributed by atoms with Gasteiger partial charge in [-0.05, 0) is 72.0 Å². The number of hydrogen-bond donors (Lipinski definition) is 2. The van der Waals surface area contributed by atoms with Crippen molar-refractivity contribution < 1.29 is 14.5 Å². The molecule has 0 saturated carbocycles. The fraction of sp³-hybridized carbons (Fsp3) is 0.148. The van der Waals surface area contributed by atoms with E-state index in [0.717, 1.165) is 41.1 Å². The zero-order chi connectivity index (χ0) is 25.1. The highest BCUT2D eigenvalue weighted by Gasteiger charge is 2.19. The molecule has 1 aliphatic carbocycles. The number of carbonyl (C=O) groups is 1. The molecule has 5 rings (SSSR count). The predicted octanol–water partition coefficient (Wildman–Crippen LogP) is 5.08. The first-order valence-corrected chi connectivity index (χ1v) is 11.4. The minimum Gasteiger partial charge on any atom is -0.497 e. The summed E-state index contributed by atoms with van der Waals surface area (Å²) in [6.45, 7) is 0. The van der Waals surface area contributed by atoms with Crippen molar-refractivity contribution in [2.24, 2.45) is 0 Å². The van der Waals surface area contributed by atoms with Gasteiger partial charge >= 0.3 is 0 Å². The number of anilines is 3. The monoisotopic (exact) mass is 481 g/mol. The molecule has 0 spiro atoms. The molecule has 9 heteroatoms. The predicted molar refractivity (Wildman–Crippen MR) is 137 cm³/mol. The fourth-order valence-corrected chi connectivity index (χ4v) is 4.18. The molecule has 180 valence electrons. The van der Waals surface area contributed by atoms with Crippen LogP contribution >= 0.6 is 0 Å². The number of ether oxygens (including phenoxy) is 1. The maximum absolute atomic E-state index is 12.4. The van der Waals surface area contributed by atoms with Gasteiger partial charge in [0, 0.05) is 35.3 Å². The van der Waals surface area contributed by atoms with E-state index in [9.17, 15) is 14.9 Å². The Balaban J connectivity index is 1.24. The summed E-state index contributed by atoms with van der Waals surface area (Å²) in [5, 5.41) is 16.8. The van der Waals surface area contributed by atoms with Crippen LogP contribution in [0.5, 0.6) is 5.75 Å². The largest absolute Gasteiger partial charge is 0.497 e. The van der Waals surface area contributed by atoms with Crippen molar-refractivity contribution in [2.45, 2.75) is 19.3 Å². The minimum atomic E-state index is -0.467. The molecule has 3 aromatic carbocycles. The molecule has 1 amide bonds. The first-order chi connectivity index (χ1) is 17.5. The molecule has 0 bridgehead atoms. The molecule has 9 nitrogen and oxygen atoms in total. The standard InChI is InChI=1S/C27H23N5O4/c1-36-23-12-13-24-18(15-23)4-5-19-16-28-27(31-26(19)24)30-21-8-6-20(7-9-21)29-25(33)14-17-2-10-22(11-3-17)32(34)35/h2-3,6-13,15-16H,4-5,14H2,1H3,(H,29,33)(H,28,30,31). The van der Waals surface area contributed by atoms with Crippen LogP contribution in [0.1, 0.15) is 16.7 Å². The fourth-order valence-electron chi connectivity index (χ4n) is 4.18. The maximum atomic E-state index is 12.4. The Bertz CT molecular complexity index is 1440. The molecule has 1 heterocycles. The second-order valence-electron chi connectivity index (χ2n) is 8.44. The van der Waals surface area contributed by atoms with Crippen LogP contribution in [-0.4, -0.2) is 27.9 Å². The van der Waals surface area contributed by atoms with Gasteiger partial charge in [-0.25, -0.2) is 9.97 Å². The molecule has 0 radical (unpaired) electrons. The molecule has 0 aliphatic heterocycles. The van der Waals surface area contributed by atoms with E-state index in [1.807, 2.05) is 30.5 Å². The Labute approximate surface area is 207 Å². The van der Waals surface area contributed by atoms with E-state index in [-0.39, 0.29) is 18.0 Å².